The quantitative estimate of drug-likeness (QED) is 0.728. The van der Waals surface area contributed by atoms with Gasteiger partial charge in [-0.2, -0.15) is 0 Å². The first-order chi connectivity index (χ1) is 7.84. The van der Waals surface area contributed by atoms with Gasteiger partial charge in [-0.15, -0.1) is 0 Å². The highest BCUT2D eigenvalue weighted by Gasteiger charge is 2.16. The van der Waals surface area contributed by atoms with Crippen molar-refractivity contribution < 1.29 is 0 Å². The van der Waals surface area contributed by atoms with Gasteiger partial charge in [0, 0.05) is 12.6 Å². The van der Waals surface area contributed by atoms with E-state index in [1.54, 1.807) is 5.57 Å². The predicted octanol–water partition coefficient (Wildman–Crippen LogP) is 2.69. The fourth-order valence-electron chi connectivity index (χ4n) is 2.80. The van der Waals surface area contributed by atoms with Gasteiger partial charge in [0.05, 0.1) is 0 Å². The van der Waals surface area contributed by atoms with Crippen molar-refractivity contribution in [3.05, 3.63) is 11.6 Å². The molecule has 0 unspecified atom stereocenters. The van der Waals surface area contributed by atoms with Gasteiger partial charge in [-0.25, -0.2) is 0 Å². The van der Waals surface area contributed by atoms with E-state index in [9.17, 15) is 0 Å². The smallest absolute Gasteiger partial charge is 0.0192 e. The molecule has 1 fully saturated rings. The zero-order chi connectivity index (χ0) is 11.2. The highest BCUT2D eigenvalue weighted by Crippen LogP contribution is 2.19. The molecule has 0 bridgehead atoms. The minimum atomic E-state index is 0.461. The Morgan fingerprint density at radius 2 is 1.88 bits per heavy atom. The molecule has 2 rings (SSSR count). The molecule has 2 N–H and O–H groups in total. The van der Waals surface area contributed by atoms with Gasteiger partial charge in [0.15, 0.2) is 0 Å². The van der Waals surface area contributed by atoms with Gasteiger partial charge in [0.25, 0.3) is 0 Å². The second kappa shape index (κ2) is 6.41. The fraction of sp³-hybridized carbons (Fsp3) is 0.857. The van der Waals surface area contributed by atoms with Crippen molar-refractivity contribution in [1.82, 2.24) is 4.90 Å². The van der Waals surface area contributed by atoms with Crippen molar-refractivity contribution in [2.24, 2.45) is 5.73 Å². The number of likely N-dealkylation sites (tertiary alicyclic amines) is 1. The maximum Gasteiger partial charge on any atom is 0.0192 e. The lowest BCUT2D eigenvalue weighted by Crippen LogP contribution is -2.40. The Labute approximate surface area is 99.9 Å². The largest absolute Gasteiger partial charge is 0.328 e. The minimum absolute atomic E-state index is 0.461. The van der Waals surface area contributed by atoms with E-state index in [1.807, 2.05) is 0 Å². The molecule has 0 amide bonds. The maximum atomic E-state index is 5.93. The summed E-state index contributed by atoms with van der Waals surface area (Å²) in [5.74, 6) is 0. The van der Waals surface area contributed by atoms with Crippen LogP contribution in [0.3, 0.4) is 0 Å². The summed E-state index contributed by atoms with van der Waals surface area (Å²) < 4.78 is 0. The molecule has 0 aromatic rings. The van der Waals surface area contributed by atoms with Gasteiger partial charge in [-0.1, -0.05) is 24.5 Å². The Morgan fingerprint density at radius 3 is 2.69 bits per heavy atom. The first-order valence-corrected chi connectivity index (χ1v) is 7.00. The number of nitrogens with zero attached hydrogens (tertiary/aromatic N) is 1. The van der Waals surface area contributed by atoms with E-state index in [4.69, 9.17) is 5.73 Å². The molecular weight excluding hydrogens is 196 g/mol. The van der Waals surface area contributed by atoms with E-state index in [1.165, 1.54) is 71.0 Å². The summed E-state index contributed by atoms with van der Waals surface area (Å²) in [7, 11) is 0. The molecule has 1 aliphatic carbocycles. The molecule has 1 aliphatic heterocycles. The Balaban J connectivity index is 1.78. The highest BCUT2D eigenvalue weighted by atomic mass is 15.1. The zero-order valence-electron chi connectivity index (χ0n) is 10.5. The van der Waals surface area contributed by atoms with Crippen molar-refractivity contribution in [1.29, 1.82) is 0 Å². The molecule has 1 heterocycles. The van der Waals surface area contributed by atoms with Crippen LogP contribution in [0.15, 0.2) is 11.6 Å². The van der Waals surface area contributed by atoms with Gasteiger partial charge in [0.2, 0.25) is 0 Å². The van der Waals surface area contributed by atoms with E-state index in [2.05, 4.69) is 11.0 Å². The molecule has 0 aromatic carbocycles. The number of rotatable bonds is 2. The highest BCUT2D eigenvalue weighted by molar-refractivity contribution is 5.05. The molecule has 0 radical (unpaired) electrons. The second-order valence-corrected chi connectivity index (χ2v) is 5.43. The Kier molecular flexibility index (Phi) is 4.86. The van der Waals surface area contributed by atoms with E-state index in [-0.39, 0.29) is 0 Å². The van der Waals surface area contributed by atoms with Crippen molar-refractivity contribution in [3.63, 3.8) is 0 Å². The van der Waals surface area contributed by atoms with Crippen LogP contribution in [-0.4, -0.2) is 30.6 Å². The topological polar surface area (TPSA) is 29.3 Å². The first-order valence-electron chi connectivity index (χ1n) is 7.00. The number of allylic oxidation sites excluding steroid dienone is 1. The molecule has 2 heteroatoms. The molecular formula is C14H26N2. The van der Waals surface area contributed by atoms with Crippen LogP contribution in [0, 0.1) is 0 Å². The van der Waals surface area contributed by atoms with Gasteiger partial charge >= 0.3 is 0 Å². The summed E-state index contributed by atoms with van der Waals surface area (Å²) >= 11 is 0. The lowest BCUT2D eigenvalue weighted by Gasteiger charge is -2.31. The van der Waals surface area contributed by atoms with Gasteiger partial charge < -0.3 is 5.73 Å². The van der Waals surface area contributed by atoms with Crippen LogP contribution >= 0.6 is 0 Å². The molecule has 1 saturated heterocycles. The summed E-state index contributed by atoms with van der Waals surface area (Å²) in [5, 5.41) is 0. The molecule has 2 aliphatic rings. The van der Waals surface area contributed by atoms with Crippen LogP contribution in [0.2, 0.25) is 0 Å². The van der Waals surface area contributed by atoms with E-state index >= 15 is 0 Å². The predicted molar refractivity (Wildman–Crippen MR) is 69.4 cm³/mol. The van der Waals surface area contributed by atoms with Crippen LogP contribution in [-0.2, 0) is 0 Å². The SMILES string of the molecule is NC1CCN(CC2=CCCCCCC2)CC1. The van der Waals surface area contributed by atoms with Crippen molar-refractivity contribution in [3.8, 4) is 0 Å². The Morgan fingerprint density at radius 1 is 1.12 bits per heavy atom. The number of hydrogen-bond donors (Lipinski definition) is 1. The average molecular weight is 222 g/mol. The maximum absolute atomic E-state index is 5.93. The lowest BCUT2D eigenvalue weighted by atomic mass is 9.98. The third-order valence-corrected chi connectivity index (χ3v) is 3.94. The number of piperidine rings is 1. The molecule has 0 aromatic heterocycles. The van der Waals surface area contributed by atoms with E-state index in [0.717, 1.165) is 0 Å². The zero-order valence-corrected chi connectivity index (χ0v) is 10.5. The van der Waals surface area contributed by atoms with Crippen molar-refractivity contribution >= 4 is 0 Å². The number of hydrogen-bond acceptors (Lipinski definition) is 2. The summed E-state index contributed by atoms with van der Waals surface area (Å²) in [4.78, 5) is 2.59. The summed E-state index contributed by atoms with van der Waals surface area (Å²) in [6.45, 7) is 3.63. The lowest BCUT2D eigenvalue weighted by molar-refractivity contribution is 0.227. The molecule has 2 nitrogen and oxygen atoms in total. The Bertz CT molecular complexity index is 227. The van der Waals surface area contributed by atoms with Gasteiger partial charge in [0.1, 0.15) is 0 Å². The minimum Gasteiger partial charge on any atom is -0.328 e. The van der Waals surface area contributed by atoms with Gasteiger partial charge in [-0.05, 0) is 51.6 Å². The van der Waals surface area contributed by atoms with E-state index < -0.39 is 0 Å². The van der Waals surface area contributed by atoms with Crippen molar-refractivity contribution in [2.45, 2.75) is 57.4 Å². The van der Waals surface area contributed by atoms with Crippen LogP contribution in [0.5, 0.6) is 0 Å². The second-order valence-electron chi connectivity index (χ2n) is 5.43. The van der Waals surface area contributed by atoms with Crippen LogP contribution < -0.4 is 5.73 Å². The summed E-state index contributed by atoms with van der Waals surface area (Å²) in [6, 6.07) is 0.461. The number of nitrogens with two attached hydrogens (primary N) is 1. The summed E-state index contributed by atoms with van der Waals surface area (Å²) in [6.07, 6.45) is 13.2. The third-order valence-electron chi connectivity index (χ3n) is 3.94. The van der Waals surface area contributed by atoms with Crippen LogP contribution in [0.1, 0.15) is 51.4 Å². The first kappa shape index (κ1) is 12.1. The summed E-state index contributed by atoms with van der Waals surface area (Å²) in [5.41, 5.74) is 7.62. The molecule has 0 spiro atoms. The Hall–Kier alpha value is -0.340. The van der Waals surface area contributed by atoms with Crippen LogP contribution in [0.25, 0.3) is 0 Å². The molecule has 0 saturated carbocycles. The monoisotopic (exact) mass is 222 g/mol. The normalized spacial score (nSPS) is 25.9. The van der Waals surface area contributed by atoms with Crippen molar-refractivity contribution in [2.75, 3.05) is 19.6 Å². The average Bonchev–Trinajstić information content (AvgIpc) is 2.25. The van der Waals surface area contributed by atoms with Crippen LogP contribution in [0.4, 0.5) is 0 Å². The molecule has 92 valence electrons. The molecule has 16 heavy (non-hydrogen) atoms. The third kappa shape index (κ3) is 3.91. The molecule has 0 atom stereocenters. The van der Waals surface area contributed by atoms with Gasteiger partial charge in [-0.3, -0.25) is 4.90 Å². The fourth-order valence-corrected chi connectivity index (χ4v) is 2.80. The van der Waals surface area contributed by atoms with E-state index in [0.29, 0.717) is 6.04 Å². The standard InChI is InChI=1S/C14H26N2/c15-14-8-10-16(11-9-14)12-13-6-4-2-1-3-5-7-13/h6,14H,1-5,7-12,15H2.